The fraction of sp³-hybridized carbons (Fsp3) is 0.419. The number of nitrogens with zero attached hydrogens (tertiary/aromatic N) is 1. The molecule has 6 nitrogen and oxygen atoms in total. The maximum Gasteiger partial charge on any atom is 0.161 e. The summed E-state index contributed by atoms with van der Waals surface area (Å²) in [6.07, 6.45) is 4.16. The summed E-state index contributed by atoms with van der Waals surface area (Å²) in [7, 11) is 1.67. The lowest BCUT2D eigenvalue weighted by Gasteiger charge is -2.44. The zero-order chi connectivity index (χ0) is 26.6. The number of carbonyl (C=O) groups is 2. The molecule has 0 spiro atoms. The largest absolute Gasteiger partial charge is 0.490 e. The van der Waals surface area contributed by atoms with Crippen LogP contribution in [0.5, 0.6) is 11.5 Å². The molecule has 2 aliphatic carbocycles. The molecule has 0 amide bonds. The van der Waals surface area contributed by atoms with Crippen LogP contribution in [-0.4, -0.2) is 43.3 Å². The minimum absolute atomic E-state index is 0.0611. The van der Waals surface area contributed by atoms with Crippen molar-refractivity contribution in [3.63, 3.8) is 0 Å². The summed E-state index contributed by atoms with van der Waals surface area (Å²) in [4.78, 5) is 29.1. The molecule has 1 aliphatic heterocycles. The first kappa shape index (κ1) is 26.2. The first-order valence-corrected chi connectivity index (χ1v) is 13.4. The highest BCUT2D eigenvalue weighted by atomic mass is 19.1. The van der Waals surface area contributed by atoms with Gasteiger partial charge in [-0.2, -0.15) is 0 Å². The Morgan fingerprint density at radius 2 is 1.58 bits per heavy atom. The fourth-order valence-corrected chi connectivity index (χ4v) is 5.87. The van der Waals surface area contributed by atoms with Crippen molar-refractivity contribution >= 4 is 11.6 Å². The summed E-state index contributed by atoms with van der Waals surface area (Å²) in [5, 5.41) is 0. The molecule has 0 unspecified atom stereocenters. The van der Waals surface area contributed by atoms with E-state index in [0.717, 1.165) is 53.8 Å². The van der Waals surface area contributed by atoms with Gasteiger partial charge in [-0.15, -0.1) is 0 Å². The van der Waals surface area contributed by atoms with Crippen LogP contribution in [0.2, 0.25) is 0 Å². The van der Waals surface area contributed by atoms with Gasteiger partial charge >= 0.3 is 0 Å². The number of ether oxygens (including phenoxy) is 3. The number of allylic oxidation sites excluding steroid dienone is 4. The van der Waals surface area contributed by atoms with E-state index < -0.39 is 5.92 Å². The van der Waals surface area contributed by atoms with Crippen molar-refractivity contribution in [2.75, 3.05) is 26.9 Å². The molecule has 2 aromatic carbocycles. The van der Waals surface area contributed by atoms with Crippen LogP contribution in [0.3, 0.4) is 0 Å². The molecule has 0 saturated carbocycles. The molecule has 0 atom stereocenters. The van der Waals surface area contributed by atoms with Crippen molar-refractivity contribution < 1.29 is 28.2 Å². The molecule has 2 aromatic rings. The van der Waals surface area contributed by atoms with Crippen LogP contribution in [-0.2, 0) is 20.9 Å². The van der Waals surface area contributed by atoms with E-state index in [2.05, 4.69) is 4.90 Å². The predicted octanol–water partition coefficient (Wildman–Crippen LogP) is 5.86. The third kappa shape index (κ3) is 4.99. The summed E-state index contributed by atoms with van der Waals surface area (Å²) in [6.45, 7) is 3.50. The minimum atomic E-state index is -0.431. The topological polar surface area (TPSA) is 65.1 Å². The third-order valence-corrected chi connectivity index (χ3v) is 7.55. The lowest BCUT2D eigenvalue weighted by Crippen LogP contribution is -2.40. The maximum atomic E-state index is 14.1. The SMILES string of the molecule is CCOc1cc(C2C3=C(CCCC3=O)N(CCOC)C3=C2C(=O)CCC3)ccc1OCc1ccccc1F. The van der Waals surface area contributed by atoms with Crippen LogP contribution in [0.25, 0.3) is 0 Å². The highest BCUT2D eigenvalue weighted by molar-refractivity contribution is 6.06. The van der Waals surface area contributed by atoms with Gasteiger partial charge in [0.25, 0.3) is 0 Å². The molecule has 5 rings (SSSR count). The van der Waals surface area contributed by atoms with Crippen LogP contribution in [0.4, 0.5) is 4.39 Å². The van der Waals surface area contributed by atoms with Gasteiger partial charge in [-0.3, -0.25) is 9.59 Å². The Morgan fingerprint density at radius 3 is 2.21 bits per heavy atom. The molecule has 1 heterocycles. The van der Waals surface area contributed by atoms with Gasteiger partial charge in [0, 0.05) is 60.5 Å². The van der Waals surface area contributed by atoms with Crippen LogP contribution in [0.15, 0.2) is 65.0 Å². The number of rotatable bonds is 9. The van der Waals surface area contributed by atoms with Gasteiger partial charge in [0.1, 0.15) is 12.4 Å². The summed E-state index contributed by atoms with van der Waals surface area (Å²) >= 11 is 0. The molecule has 0 bridgehead atoms. The molecule has 0 radical (unpaired) electrons. The van der Waals surface area contributed by atoms with Crippen LogP contribution in [0, 0.1) is 5.82 Å². The Balaban J connectivity index is 1.57. The number of carbonyl (C=O) groups excluding carboxylic acids is 2. The van der Waals surface area contributed by atoms with E-state index in [-0.39, 0.29) is 24.0 Å². The van der Waals surface area contributed by atoms with Crippen molar-refractivity contribution in [2.24, 2.45) is 0 Å². The Morgan fingerprint density at radius 1 is 0.895 bits per heavy atom. The Bertz CT molecular complexity index is 1250. The highest BCUT2D eigenvalue weighted by Crippen LogP contribution is 2.50. The Labute approximate surface area is 223 Å². The van der Waals surface area contributed by atoms with Gasteiger partial charge in [0.05, 0.1) is 13.2 Å². The third-order valence-electron chi connectivity index (χ3n) is 7.55. The van der Waals surface area contributed by atoms with E-state index in [1.807, 2.05) is 19.1 Å². The van der Waals surface area contributed by atoms with E-state index in [9.17, 15) is 14.0 Å². The van der Waals surface area contributed by atoms with Gasteiger partial charge in [-0.1, -0.05) is 24.3 Å². The first-order chi connectivity index (χ1) is 18.5. The zero-order valence-electron chi connectivity index (χ0n) is 22.1. The number of ketones is 2. The molecule has 3 aliphatic rings. The minimum Gasteiger partial charge on any atom is -0.490 e. The Kier molecular flexibility index (Phi) is 7.93. The smallest absolute Gasteiger partial charge is 0.161 e. The van der Waals surface area contributed by atoms with Crippen LogP contribution in [0.1, 0.15) is 62.5 Å². The van der Waals surface area contributed by atoms with Gasteiger partial charge in [0.15, 0.2) is 23.1 Å². The number of hydrogen-bond donors (Lipinski definition) is 0. The van der Waals surface area contributed by atoms with Crippen molar-refractivity contribution in [3.05, 3.63) is 81.9 Å². The normalized spacial score (nSPS) is 18.0. The number of Topliss-reactive ketones (excluding diaryl/α,β-unsaturated/α-hetero) is 2. The van der Waals surface area contributed by atoms with E-state index in [1.54, 1.807) is 31.4 Å². The second kappa shape index (κ2) is 11.5. The standard InChI is InChI=1S/C31H34FNO5/c1-3-37-28-18-20(14-15-27(28)38-19-21-8-4-5-9-22(21)32)29-30-23(10-6-12-25(30)34)33(16-17-36-2)24-11-7-13-26(35)31(24)29/h4-5,8-9,14-15,18,29H,3,6-7,10-13,16-17,19H2,1-2H3. The highest BCUT2D eigenvalue weighted by Gasteiger charge is 2.43. The monoisotopic (exact) mass is 519 g/mol. The summed E-state index contributed by atoms with van der Waals surface area (Å²) < 4.78 is 31.4. The second-order valence-corrected chi connectivity index (χ2v) is 9.87. The van der Waals surface area contributed by atoms with Gasteiger partial charge in [-0.25, -0.2) is 4.39 Å². The number of halogens is 1. The van der Waals surface area contributed by atoms with Crippen molar-refractivity contribution in [1.82, 2.24) is 4.90 Å². The van der Waals surface area contributed by atoms with E-state index in [4.69, 9.17) is 14.2 Å². The van der Waals surface area contributed by atoms with Crippen molar-refractivity contribution in [2.45, 2.75) is 58.0 Å². The molecule has 7 heteroatoms. The van der Waals surface area contributed by atoms with Gasteiger partial charge in [-0.05, 0) is 56.4 Å². The second-order valence-electron chi connectivity index (χ2n) is 9.87. The number of hydrogen-bond acceptors (Lipinski definition) is 6. The number of methoxy groups -OCH3 is 1. The van der Waals surface area contributed by atoms with Crippen LogP contribution >= 0.6 is 0 Å². The summed E-state index contributed by atoms with van der Waals surface area (Å²) in [5.74, 6) is 0.443. The average molecular weight is 520 g/mol. The predicted molar refractivity (Wildman–Crippen MR) is 141 cm³/mol. The lowest BCUT2D eigenvalue weighted by molar-refractivity contribution is -0.117. The van der Waals surface area contributed by atoms with E-state index in [0.29, 0.717) is 49.7 Å². The molecular weight excluding hydrogens is 485 g/mol. The molecule has 0 N–H and O–H groups in total. The first-order valence-electron chi connectivity index (χ1n) is 13.4. The zero-order valence-corrected chi connectivity index (χ0v) is 22.1. The van der Waals surface area contributed by atoms with E-state index in [1.165, 1.54) is 6.07 Å². The van der Waals surface area contributed by atoms with Crippen molar-refractivity contribution in [1.29, 1.82) is 0 Å². The fourth-order valence-electron chi connectivity index (χ4n) is 5.87. The summed E-state index contributed by atoms with van der Waals surface area (Å²) in [5.41, 5.74) is 4.79. The molecular formula is C31H34FNO5. The molecule has 0 aromatic heterocycles. The van der Waals surface area contributed by atoms with Gasteiger partial charge < -0.3 is 19.1 Å². The molecule has 38 heavy (non-hydrogen) atoms. The molecule has 0 fully saturated rings. The quantitative estimate of drug-likeness (QED) is 0.413. The Hall–Kier alpha value is -3.45. The van der Waals surface area contributed by atoms with Gasteiger partial charge in [0.2, 0.25) is 0 Å². The van der Waals surface area contributed by atoms with Crippen LogP contribution < -0.4 is 9.47 Å². The molecule has 0 saturated heterocycles. The average Bonchev–Trinajstić information content (AvgIpc) is 2.92. The van der Waals surface area contributed by atoms with E-state index >= 15 is 0 Å². The summed E-state index contributed by atoms with van der Waals surface area (Å²) in [6, 6.07) is 12.1. The lowest BCUT2D eigenvalue weighted by atomic mass is 9.71. The number of benzene rings is 2. The molecule has 200 valence electrons. The van der Waals surface area contributed by atoms with Crippen molar-refractivity contribution in [3.8, 4) is 11.5 Å². The maximum absolute atomic E-state index is 14.1.